The summed E-state index contributed by atoms with van der Waals surface area (Å²) in [4.78, 5) is 14.7. The van der Waals surface area contributed by atoms with Gasteiger partial charge in [0.05, 0.1) is 12.2 Å². The molecule has 0 bridgehead atoms. The Morgan fingerprint density at radius 1 is 1.30 bits per heavy atom. The second-order valence-electron chi connectivity index (χ2n) is 4.03. The van der Waals surface area contributed by atoms with Crippen LogP contribution < -0.4 is 0 Å². The molecule has 2 aromatic heterocycles. The number of hydrogen-bond acceptors (Lipinski definition) is 5. The van der Waals surface area contributed by atoms with Crippen molar-refractivity contribution in [1.29, 1.82) is 0 Å². The van der Waals surface area contributed by atoms with Crippen LogP contribution in [0.3, 0.4) is 0 Å². The van der Waals surface area contributed by atoms with Crippen LogP contribution in [0.15, 0.2) is 46.0 Å². The first kappa shape index (κ1) is 14.4. The van der Waals surface area contributed by atoms with Crippen molar-refractivity contribution in [3.63, 3.8) is 0 Å². The number of sulfonamides is 1. The standard InChI is InChI=1S/C13H14N2O4S/c1-2-15(9-11-5-3-4-8-14-11)20(17,18)13-7-6-12(10-16)19-13/h3-8,10H,2,9H2,1H3. The lowest BCUT2D eigenvalue weighted by atomic mass is 10.3. The highest BCUT2D eigenvalue weighted by atomic mass is 32.2. The second kappa shape index (κ2) is 5.98. The van der Waals surface area contributed by atoms with E-state index in [9.17, 15) is 13.2 Å². The molecule has 0 fully saturated rings. The summed E-state index contributed by atoms with van der Waals surface area (Å²) < 4.78 is 31.0. The van der Waals surface area contributed by atoms with Crippen LogP contribution in [0.25, 0.3) is 0 Å². The van der Waals surface area contributed by atoms with Gasteiger partial charge in [-0.25, -0.2) is 8.42 Å². The molecule has 0 N–H and O–H groups in total. The molecule has 6 nitrogen and oxygen atoms in total. The van der Waals surface area contributed by atoms with Crippen molar-refractivity contribution < 1.29 is 17.6 Å². The van der Waals surface area contributed by atoms with Gasteiger partial charge >= 0.3 is 0 Å². The summed E-state index contributed by atoms with van der Waals surface area (Å²) in [6.07, 6.45) is 2.07. The van der Waals surface area contributed by atoms with Crippen LogP contribution >= 0.6 is 0 Å². The van der Waals surface area contributed by atoms with E-state index in [2.05, 4.69) is 4.98 Å². The molecule has 0 radical (unpaired) electrons. The molecule has 20 heavy (non-hydrogen) atoms. The Balaban J connectivity index is 2.28. The lowest BCUT2D eigenvalue weighted by Gasteiger charge is -2.18. The molecule has 0 unspecified atom stereocenters. The van der Waals surface area contributed by atoms with Crippen molar-refractivity contribution in [2.45, 2.75) is 18.6 Å². The maximum Gasteiger partial charge on any atom is 0.276 e. The Morgan fingerprint density at radius 3 is 2.65 bits per heavy atom. The van der Waals surface area contributed by atoms with E-state index in [0.717, 1.165) is 0 Å². The van der Waals surface area contributed by atoms with Crippen LogP contribution in [-0.4, -0.2) is 30.5 Å². The minimum Gasteiger partial charge on any atom is -0.440 e. The molecule has 0 saturated heterocycles. The number of carbonyl (C=O) groups is 1. The van der Waals surface area contributed by atoms with Gasteiger partial charge in [0.1, 0.15) is 0 Å². The van der Waals surface area contributed by atoms with Crippen molar-refractivity contribution in [1.82, 2.24) is 9.29 Å². The maximum atomic E-state index is 12.4. The third kappa shape index (κ3) is 2.94. The topological polar surface area (TPSA) is 80.5 Å². The molecule has 7 heteroatoms. The summed E-state index contributed by atoms with van der Waals surface area (Å²) in [6.45, 7) is 2.15. The fourth-order valence-corrected chi connectivity index (χ4v) is 3.04. The van der Waals surface area contributed by atoms with Gasteiger partial charge in [0, 0.05) is 12.7 Å². The largest absolute Gasteiger partial charge is 0.440 e. The van der Waals surface area contributed by atoms with Gasteiger partial charge in [-0.15, -0.1) is 0 Å². The van der Waals surface area contributed by atoms with E-state index < -0.39 is 10.0 Å². The average molecular weight is 294 g/mol. The van der Waals surface area contributed by atoms with Crippen LogP contribution in [0.2, 0.25) is 0 Å². The maximum absolute atomic E-state index is 12.4. The van der Waals surface area contributed by atoms with Gasteiger partial charge in [-0.05, 0) is 24.3 Å². The summed E-state index contributed by atoms with van der Waals surface area (Å²) in [5.74, 6) is -0.0162. The summed E-state index contributed by atoms with van der Waals surface area (Å²) in [7, 11) is -3.77. The summed E-state index contributed by atoms with van der Waals surface area (Å²) in [5, 5.41) is -0.239. The number of aldehydes is 1. The Hall–Kier alpha value is -1.99. The molecule has 106 valence electrons. The normalized spacial score (nSPS) is 11.7. The molecule has 0 saturated carbocycles. The summed E-state index contributed by atoms with van der Waals surface area (Å²) in [6, 6.07) is 7.91. The van der Waals surface area contributed by atoms with Gasteiger partial charge < -0.3 is 4.42 Å². The van der Waals surface area contributed by atoms with E-state index in [1.807, 2.05) is 0 Å². The predicted octanol–water partition coefficient (Wildman–Crippen LogP) is 1.70. The van der Waals surface area contributed by atoms with Gasteiger partial charge in [-0.3, -0.25) is 9.78 Å². The van der Waals surface area contributed by atoms with E-state index in [4.69, 9.17) is 4.42 Å². The molecule has 0 aliphatic heterocycles. The van der Waals surface area contributed by atoms with E-state index in [-0.39, 0.29) is 23.9 Å². The Morgan fingerprint density at radius 2 is 2.10 bits per heavy atom. The molecule has 2 heterocycles. The Kier molecular flexibility index (Phi) is 4.31. The number of furan rings is 1. The van der Waals surface area contributed by atoms with Gasteiger partial charge in [0.25, 0.3) is 10.0 Å². The molecule has 0 aliphatic carbocycles. The lowest BCUT2D eigenvalue weighted by molar-refractivity contribution is 0.109. The smallest absolute Gasteiger partial charge is 0.276 e. The van der Waals surface area contributed by atoms with E-state index in [0.29, 0.717) is 12.0 Å². The zero-order valence-corrected chi connectivity index (χ0v) is 11.7. The highest BCUT2D eigenvalue weighted by molar-refractivity contribution is 7.89. The van der Waals surface area contributed by atoms with E-state index in [1.54, 1.807) is 31.3 Å². The predicted molar refractivity (Wildman–Crippen MR) is 71.6 cm³/mol. The van der Waals surface area contributed by atoms with Crippen LogP contribution in [0.5, 0.6) is 0 Å². The fraction of sp³-hybridized carbons (Fsp3) is 0.231. The molecule has 0 spiro atoms. The minimum absolute atomic E-state index is 0.0162. The number of hydrogen-bond donors (Lipinski definition) is 0. The lowest BCUT2D eigenvalue weighted by Crippen LogP contribution is -2.30. The van der Waals surface area contributed by atoms with Crippen LogP contribution in [0, 0.1) is 0 Å². The van der Waals surface area contributed by atoms with E-state index >= 15 is 0 Å². The van der Waals surface area contributed by atoms with Gasteiger partial charge in [-0.2, -0.15) is 4.31 Å². The number of nitrogens with zero attached hydrogens (tertiary/aromatic N) is 2. The third-order valence-electron chi connectivity index (χ3n) is 2.73. The number of aromatic nitrogens is 1. The van der Waals surface area contributed by atoms with E-state index in [1.165, 1.54) is 16.4 Å². The molecule has 0 amide bonds. The first-order valence-electron chi connectivity index (χ1n) is 6.03. The first-order chi connectivity index (χ1) is 9.57. The quantitative estimate of drug-likeness (QED) is 0.757. The molecule has 0 atom stereocenters. The van der Waals surface area contributed by atoms with Gasteiger partial charge in [0.2, 0.25) is 5.09 Å². The van der Waals surface area contributed by atoms with Gasteiger partial charge in [0.15, 0.2) is 12.0 Å². The third-order valence-corrected chi connectivity index (χ3v) is 4.52. The SMILES string of the molecule is CCN(Cc1ccccn1)S(=O)(=O)c1ccc(C=O)o1. The molecule has 0 aromatic carbocycles. The number of rotatable bonds is 6. The van der Waals surface area contributed by atoms with Crippen LogP contribution in [0.1, 0.15) is 23.2 Å². The Bertz CT molecular complexity index is 679. The number of pyridine rings is 1. The highest BCUT2D eigenvalue weighted by Crippen LogP contribution is 2.19. The van der Waals surface area contributed by atoms with Crippen LogP contribution in [-0.2, 0) is 16.6 Å². The highest BCUT2D eigenvalue weighted by Gasteiger charge is 2.27. The van der Waals surface area contributed by atoms with Crippen molar-refractivity contribution in [3.05, 3.63) is 48.0 Å². The number of carbonyl (C=O) groups excluding carboxylic acids is 1. The fourth-order valence-electron chi connectivity index (χ4n) is 1.70. The van der Waals surface area contributed by atoms with Gasteiger partial charge in [-0.1, -0.05) is 13.0 Å². The molecule has 0 aliphatic rings. The van der Waals surface area contributed by atoms with Crippen molar-refractivity contribution in [2.75, 3.05) is 6.54 Å². The van der Waals surface area contributed by atoms with Crippen molar-refractivity contribution in [2.24, 2.45) is 0 Å². The average Bonchev–Trinajstić information content (AvgIpc) is 2.95. The monoisotopic (exact) mass is 294 g/mol. The molecular weight excluding hydrogens is 280 g/mol. The minimum atomic E-state index is -3.77. The van der Waals surface area contributed by atoms with Crippen molar-refractivity contribution >= 4 is 16.3 Å². The van der Waals surface area contributed by atoms with Crippen LogP contribution in [0.4, 0.5) is 0 Å². The molecular formula is C13H14N2O4S. The molecule has 2 aromatic rings. The Labute approximate surface area is 117 Å². The first-order valence-corrected chi connectivity index (χ1v) is 7.47. The zero-order valence-electron chi connectivity index (χ0n) is 10.9. The zero-order chi connectivity index (χ0) is 14.6. The molecule has 2 rings (SSSR count). The second-order valence-corrected chi connectivity index (χ2v) is 5.90. The van der Waals surface area contributed by atoms with Crippen molar-refractivity contribution in [3.8, 4) is 0 Å². The summed E-state index contributed by atoms with van der Waals surface area (Å²) in [5.41, 5.74) is 0.639. The summed E-state index contributed by atoms with van der Waals surface area (Å²) >= 11 is 0.